The molecule has 1 aliphatic rings. The molecular weight excluding hydrogens is 432 g/mol. The van der Waals surface area contributed by atoms with Crippen LogP contribution in [-0.4, -0.2) is 42.1 Å². The first-order valence-corrected chi connectivity index (χ1v) is 11.7. The Bertz CT molecular complexity index is 1030. The number of hydrogen-bond acceptors (Lipinski definition) is 6. The fourth-order valence-corrected chi connectivity index (χ4v) is 4.48. The average molecular weight is 467 g/mol. The van der Waals surface area contributed by atoms with Crippen molar-refractivity contribution in [1.82, 2.24) is 4.57 Å². The van der Waals surface area contributed by atoms with E-state index in [2.05, 4.69) is 20.8 Å². The third kappa shape index (κ3) is 5.24. The Hall–Kier alpha value is -3.35. The van der Waals surface area contributed by atoms with Crippen molar-refractivity contribution in [3.05, 3.63) is 60.4 Å². The Balaban J connectivity index is 2.01. The van der Waals surface area contributed by atoms with Crippen LogP contribution in [0, 0.1) is 11.8 Å². The number of methoxy groups -OCH3 is 2. The Kier molecular flexibility index (Phi) is 8.31. The van der Waals surface area contributed by atoms with Crippen molar-refractivity contribution in [1.29, 1.82) is 0 Å². The lowest BCUT2D eigenvalue weighted by atomic mass is 9.76. The number of rotatable bonds is 11. The molecule has 0 bridgehead atoms. The number of nitrogens with zero attached hydrogens (tertiary/aromatic N) is 2. The number of carbonyl (C=O) groups excluding carboxylic acids is 2. The van der Waals surface area contributed by atoms with Crippen LogP contribution in [0.15, 0.2) is 59.9 Å². The lowest BCUT2D eigenvalue weighted by Gasteiger charge is -2.31. The van der Waals surface area contributed by atoms with E-state index in [0.717, 1.165) is 12.8 Å². The minimum atomic E-state index is -1.08. The minimum absolute atomic E-state index is 0.0358. The number of hydrogen-bond donors (Lipinski definition) is 0. The smallest absolute Gasteiger partial charge is 0.341 e. The maximum atomic E-state index is 13.5. The molecule has 7 heteroatoms. The molecule has 2 heterocycles. The minimum Gasteiger partial charge on any atom is -0.496 e. The van der Waals surface area contributed by atoms with Gasteiger partial charge in [0, 0.05) is 24.7 Å². The van der Waals surface area contributed by atoms with Crippen molar-refractivity contribution in [3.63, 3.8) is 0 Å². The van der Waals surface area contributed by atoms with Crippen LogP contribution in [0.2, 0.25) is 0 Å². The molecule has 0 aliphatic carbocycles. The van der Waals surface area contributed by atoms with Gasteiger partial charge in [0.1, 0.15) is 17.1 Å². The number of ether oxygens (including phenoxy) is 3. The Morgan fingerprint density at radius 1 is 1.15 bits per heavy atom. The second-order valence-electron chi connectivity index (χ2n) is 8.88. The van der Waals surface area contributed by atoms with Crippen molar-refractivity contribution in [2.24, 2.45) is 16.8 Å². The Labute approximate surface area is 201 Å². The molecule has 3 rings (SSSR count). The van der Waals surface area contributed by atoms with Crippen LogP contribution < -0.4 is 9.47 Å². The van der Waals surface area contributed by atoms with Gasteiger partial charge in [-0.2, -0.15) is 0 Å². The van der Waals surface area contributed by atoms with E-state index in [4.69, 9.17) is 19.2 Å². The van der Waals surface area contributed by atoms with Crippen LogP contribution >= 0.6 is 0 Å². The highest BCUT2D eigenvalue weighted by atomic mass is 16.6. The molecule has 2 aromatic rings. The predicted molar refractivity (Wildman–Crippen MR) is 132 cm³/mol. The summed E-state index contributed by atoms with van der Waals surface area (Å²) in [5.74, 6) is 0.804. The summed E-state index contributed by atoms with van der Waals surface area (Å²) in [7, 11) is 3.11. The first-order valence-electron chi connectivity index (χ1n) is 11.7. The highest BCUT2D eigenvalue weighted by Crippen LogP contribution is 2.42. The fraction of sp³-hybridized carbons (Fsp3) is 0.444. The molecule has 1 aliphatic heterocycles. The SMILES string of the molecule is CCC[C@@H](/C=C/CC(=O)n1cccc1)[C@@]1(CC(C)C)N=C(c2c(OC)cccc2OC)OC1=O. The molecule has 1 aromatic carbocycles. The third-order valence-electron chi connectivity index (χ3n) is 5.97. The van der Waals surface area contributed by atoms with E-state index in [9.17, 15) is 9.59 Å². The molecule has 0 fully saturated rings. The van der Waals surface area contributed by atoms with Gasteiger partial charge in [-0.15, -0.1) is 0 Å². The van der Waals surface area contributed by atoms with Crippen molar-refractivity contribution in [2.75, 3.05) is 14.2 Å². The van der Waals surface area contributed by atoms with Crippen LogP contribution in [0.25, 0.3) is 0 Å². The number of allylic oxidation sites excluding steroid dienone is 1. The number of cyclic esters (lactones) is 1. The maximum absolute atomic E-state index is 13.5. The number of benzene rings is 1. The van der Waals surface area contributed by atoms with Crippen LogP contribution in [0.3, 0.4) is 0 Å². The van der Waals surface area contributed by atoms with E-state index in [1.54, 1.807) is 43.3 Å². The van der Waals surface area contributed by atoms with Gasteiger partial charge in [-0.05, 0) is 43.0 Å². The van der Waals surface area contributed by atoms with Gasteiger partial charge in [0.2, 0.25) is 11.8 Å². The zero-order valence-electron chi connectivity index (χ0n) is 20.6. The lowest BCUT2D eigenvalue weighted by molar-refractivity contribution is -0.141. The molecule has 7 nitrogen and oxygen atoms in total. The first kappa shape index (κ1) is 25.3. The molecule has 0 spiro atoms. The van der Waals surface area contributed by atoms with Gasteiger partial charge >= 0.3 is 5.97 Å². The number of esters is 1. The highest BCUT2D eigenvalue weighted by Gasteiger charge is 2.51. The standard InChI is InChI=1S/C27H34N2O5/c1-6-11-20(12-9-15-23(30)29-16-7-8-17-29)27(18-19(2)3)26(31)34-25(28-27)24-21(32-4)13-10-14-22(24)33-5/h7-10,12-14,16-17,19-20H,6,11,15,18H2,1-5H3/b12-9+/t20-,27+/m0/s1. The average Bonchev–Trinajstić information content (AvgIpc) is 3.46. The molecule has 0 saturated carbocycles. The van der Waals surface area contributed by atoms with Crippen molar-refractivity contribution in [2.45, 2.75) is 52.0 Å². The van der Waals surface area contributed by atoms with Crippen molar-refractivity contribution >= 4 is 17.8 Å². The Morgan fingerprint density at radius 2 is 1.79 bits per heavy atom. The van der Waals surface area contributed by atoms with Gasteiger partial charge in [0.05, 0.1) is 14.2 Å². The molecule has 182 valence electrons. The van der Waals surface area contributed by atoms with E-state index in [0.29, 0.717) is 23.5 Å². The number of carbonyl (C=O) groups is 2. The molecule has 0 saturated heterocycles. The van der Waals surface area contributed by atoms with Gasteiger partial charge in [0.25, 0.3) is 0 Å². The summed E-state index contributed by atoms with van der Waals surface area (Å²) in [6.45, 7) is 6.20. The van der Waals surface area contributed by atoms with Gasteiger partial charge in [-0.3, -0.25) is 9.36 Å². The largest absolute Gasteiger partial charge is 0.496 e. The Morgan fingerprint density at radius 3 is 2.35 bits per heavy atom. The molecule has 0 unspecified atom stereocenters. The van der Waals surface area contributed by atoms with Gasteiger partial charge in [-0.1, -0.05) is 45.4 Å². The number of aromatic nitrogens is 1. The molecule has 0 radical (unpaired) electrons. The summed E-state index contributed by atoms with van der Waals surface area (Å²) in [6, 6.07) is 9.01. The summed E-state index contributed by atoms with van der Waals surface area (Å²) in [4.78, 5) is 30.9. The lowest BCUT2D eigenvalue weighted by Crippen LogP contribution is -2.42. The second-order valence-corrected chi connectivity index (χ2v) is 8.88. The zero-order valence-corrected chi connectivity index (χ0v) is 20.6. The van der Waals surface area contributed by atoms with E-state index in [-0.39, 0.29) is 36.0 Å². The van der Waals surface area contributed by atoms with Crippen molar-refractivity contribution < 1.29 is 23.8 Å². The molecule has 34 heavy (non-hydrogen) atoms. The predicted octanol–water partition coefficient (Wildman–Crippen LogP) is 5.30. The topological polar surface area (TPSA) is 79.1 Å². The van der Waals surface area contributed by atoms with Crippen molar-refractivity contribution in [3.8, 4) is 11.5 Å². The molecule has 0 N–H and O–H groups in total. The summed E-state index contributed by atoms with van der Waals surface area (Å²) in [6.07, 6.45) is 9.60. The van der Waals surface area contributed by atoms with Crippen LogP contribution in [0.1, 0.15) is 56.8 Å². The zero-order chi connectivity index (χ0) is 24.7. The summed E-state index contributed by atoms with van der Waals surface area (Å²) in [5.41, 5.74) is -0.563. The van der Waals surface area contributed by atoms with E-state index in [1.165, 1.54) is 0 Å². The molecular formula is C27H34N2O5. The molecule has 2 atom stereocenters. The van der Waals surface area contributed by atoms with Gasteiger partial charge < -0.3 is 14.2 Å². The quantitative estimate of drug-likeness (QED) is 0.332. The first-order chi connectivity index (χ1) is 16.4. The summed E-state index contributed by atoms with van der Waals surface area (Å²) in [5, 5.41) is 0. The normalized spacial score (nSPS) is 18.8. The van der Waals surface area contributed by atoms with E-state index < -0.39 is 5.54 Å². The fourth-order valence-electron chi connectivity index (χ4n) is 4.48. The highest BCUT2D eigenvalue weighted by molar-refractivity contribution is 6.11. The van der Waals surface area contributed by atoms with Crippen LogP contribution in [0.5, 0.6) is 11.5 Å². The second kappa shape index (κ2) is 11.2. The van der Waals surface area contributed by atoms with E-state index >= 15 is 0 Å². The van der Waals surface area contributed by atoms with Gasteiger partial charge in [-0.25, -0.2) is 9.79 Å². The van der Waals surface area contributed by atoms with Crippen LogP contribution in [0.4, 0.5) is 0 Å². The van der Waals surface area contributed by atoms with Gasteiger partial charge in [0.15, 0.2) is 5.54 Å². The monoisotopic (exact) mass is 466 g/mol. The van der Waals surface area contributed by atoms with Crippen LogP contribution in [-0.2, 0) is 9.53 Å². The summed E-state index contributed by atoms with van der Waals surface area (Å²) < 4.78 is 18.4. The maximum Gasteiger partial charge on any atom is 0.341 e. The van der Waals surface area contributed by atoms with E-state index in [1.807, 2.05) is 30.4 Å². The number of aliphatic imine (C=N–C) groups is 1. The molecule has 0 amide bonds. The molecule has 1 aromatic heterocycles. The summed E-state index contributed by atoms with van der Waals surface area (Å²) >= 11 is 0. The third-order valence-corrected chi connectivity index (χ3v) is 5.97.